The molecule has 1 aromatic rings. The number of benzene rings is 1. The van der Waals surface area contributed by atoms with Gasteiger partial charge in [0.1, 0.15) is 0 Å². The van der Waals surface area contributed by atoms with Crippen LogP contribution in [0.25, 0.3) is 0 Å². The van der Waals surface area contributed by atoms with Crippen LogP contribution in [-0.4, -0.2) is 56.3 Å². The number of carbonyl (C=O) groups excluding carboxylic acids is 2. The van der Waals surface area contributed by atoms with Gasteiger partial charge < -0.3 is 10.1 Å². The Morgan fingerprint density at radius 2 is 1.92 bits per heavy atom. The average molecular weight is 423 g/mol. The first-order chi connectivity index (χ1) is 12.3. The number of nitrogens with zero attached hydrogens (tertiary/aromatic N) is 1. The summed E-state index contributed by atoms with van der Waals surface area (Å²) in [5, 5.41) is 2.86. The Kier molecular flexibility index (Phi) is 9.42. The first kappa shape index (κ1) is 22.8. The molecule has 0 fully saturated rings. The minimum Gasteiger partial charge on any atom is -0.469 e. The van der Waals surface area contributed by atoms with Crippen molar-refractivity contribution in [1.82, 2.24) is 4.31 Å². The van der Waals surface area contributed by atoms with Crippen molar-refractivity contribution in [2.24, 2.45) is 0 Å². The Labute approximate surface area is 163 Å². The number of esters is 1. The van der Waals surface area contributed by atoms with Gasteiger partial charge in [-0.2, -0.15) is 16.1 Å². The second kappa shape index (κ2) is 10.8. The van der Waals surface area contributed by atoms with Crippen molar-refractivity contribution >= 4 is 50.9 Å². The highest BCUT2D eigenvalue weighted by molar-refractivity contribution is 7.99. The number of nitrogens with one attached hydrogen (secondary N) is 1. The molecular weight excluding hydrogens is 400 g/mol. The number of anilines is 1. The molecular formula is C16H23ClN2O5S2. The Bertz CT molecular complexity index is 736. The maximum absolute atomic E-state index is 12.6. The van der Waals surface area contributed by atoms with Crippen molar-refractivity contribution in [3.05, 3.63) is 23.2 Å². The van der Waals surface area contributed by atoms with Gasteiger partial charge in [-0.1, -0.05) is 25.4 Å². The fourth-order valence-corrected chi connectivity index (χ4v) is 4.44. The molecule has 1 aromatic carbocycles. The molecule has 0 saturated heterocycles. The Balaban J connectivity index is 2.79. The molecule has 1 rings (SSSR count). The largest absolute Gasteiger partial charge is 0.469 e. The van der Waals surface area contributed by atoms with Crippen LogP contribution in [0.4, 0.5) is 5.69 Å². The summed E-state index contributed by atoms with van der Waals surface area (Å²) >= 11 is 7.34. The Hall–Kier alpha value is -1.29. The molecule has 0 aliphatic rings. The van der Waals surface area contributed by atoms with Crippen LogP contribution in [0.3, 0.4) is 0 Å². The van der Waals surface area contributed by atoms with Gasteiger partial charge in [0.25, 0.3) is 0 Å². The van der Waals surface area contributed by atoms with Gasteiger partial charge in [-0.15, -0.1) is 0 Å². The third kappa shape index (κ3) is 6.46. The van der Waals surface area contributed by atoms with Gasteiger partial charge in [0, 0.05) is 18.8 Å². The number of amides is 1. The molecule has 0 atom stereocenters. The van der Waals surface area contributed by atoms with Gasteiger partial charge in [0.05, 0.1) is 34.9 Å². The predicted octanol–water partition coefficient (Wildman–Crippen LogP) is 2.61. The molecule has 0 unspecified atom stereocenters. The number of halogens is 1. The molecule has 0 bridgehead atoms. The van der Waals surface area contributed by atoms with Crippen LogP contribution in [-0.2, 0) is 24.3 Å². The van der Waals surface area contributed by atoms with Gasteiger partial charge >= 0.3 is 5.97 Å². The first-order valence-corrected chi connectivity index (χ1v) is 11.0. The highest BCUT2D eigenvalue weighted by atomic mass is 35.5. The molecule has 0 spiro atoms. The van der Waals surface area contributed by atoms with Gasteiger partial charge in [-0.25, -0.2) is 8.42 Å². The Morgan fingerprint density at radius 3 is 2.50 bits per heavy atom. The fourth-order valence-electron chi connectivity index (χ4n) is 2.08. The number of rotatable bonds is 10. The molecule has 0 radical (unpaired) electrons. The molecule has 146 valence electrons. The Morgan fingerprint density at radius 1 is 1.27 bits per heavy atom. The zero-order valence-electron chi connectivity index (χ0n) is 15.0. The number of methoxy groups -OCH3 is 1. The minimum absolute atomic E-state index is 0.0687. The lowest BCUT2D eigenvalue weighted by Gasteiger charge is -2.19. The van der Waals surface area contributed by atoms with E-state index in [1.54, 1.807) is 13.8 Å². The number of hydrogen-bond donors (Lipinski definition) is 1. The molecule has 26 heavy (non-hydrogen) atoms. The number of sulfonamides is 1. The van der Waals surface area contributed by atoms with Crippen LogP contribution in [0.1, 0.15) is 20.3 Å². The van der Waals surface area contributed by atoms with E-state index in [9.17, 15) is 18.0 Å². The van der Waals surface area contributed by atoms with Crippen LogP contribution < -0.4 is 5.32 Å². The third-order valence-corrected chi connectivity index (χ3v) is 6.80. The molecule has 1 amide bonds. The van der Waals surface area contributed by atoms with Gasteiger partial charge in [0.2, 0.25) is 15.9 Å². The SMILES string of the molecule is CCN(CC)S(=O)(=O)c1ccc(Cl)c(NC(=O)CSCCC(=O)OC)c1. The van der Waals surface area contributed by atoms with Crippen LogP contribution >= 0.6 is 23.4 Å². The predicted molar refractivity (Wildman–Crippen MR) is 104 cm³/mol. The zero-order chi connectivity index (χ0) is 19.7. The number of hydrogen-bond acceptors (Lipinski definition) is 6. The molecule has 0 aliphatic carbocycles. The highest BCUT2D eigenvalue weighted by Crippen LogP contribution is 2.27. The van der Waals surface area contributed by atoms with E-state index in [4.69, 9.17) is 11.6 Å². The molecule has 7 nitrogen and oxygen atoms in total. The molecule has 0 saturated carbocycles. The summed E-state index contributed by atoms with van der Waals surface area (Å²) in [5.74, 6) is -0.112. The summed E-state index contributed by atoms with van der Waals surface area (Å²) in [6, 6.07) is 4.21. The van der Waals surface area contributed by atoms with Crippen molar-refractivity contribution in [2.45, 2.75) is 25.2 Å². The van der Waals surface area contributed by atoms with Crippen molar-refractivity contribution in [1.29, 1.82) is 0 Å². The lowest BCUT2D eigenvalue weighted by Crippen LogP contribution is -2.30. The normalized spacial score (nSPS) is 11.4. The topological polar surface area (TPSA) is 92.8 Å². The summed E-state index contributed by atoms with van der Waals surface area (Å²) in [5.41, 5.74) is 0.235. The summed E-state index contributed by atoms with van der Waals surface area (Å²) < 4.78 is 31.0. The fraction of sp³-hybridized carbons (Fsp3) is 0.500. The van der Waals surface area contributed by atoms with E-state index in [1.807, 2.05) is 0 Å². The van der Waals surface area contributed by atoms with E-state index in [-0.39, 0.29) is 39.7 Å². The smallest absolute Gasteiger partial charge is 0.306 e. The molecule has 10 heteroatoms. The van der Waals surface area contributed by atoms with Crippen LogP contribution in [0.5, 0.6) is 0 Å². The summed E-state index contributed by atoms with van der Waals surface area (Å²) in [6.07, 6.45) is 0.215. The van der Waals surface area contributed by atoms with Crippen LogP contribution in [0, 0.1) is 0 Å². The quantitative estimate of drug-likeness (QED) is 0.460. The van der Waals surface area contributed by atoms with Crippen molar-refractivity contribution < 1.29 is 22.7 Å². The second-order valence-corrected chi connectivity index (χ2v) is 8.61. The number of ether oxygens (including phenoxy) is 1. The standard InChI is InChI=1S/C16H23ClN2O5S2/c1-4-19(5-2)26(22,23)12-6-7-13(17)14(10-12)18-15(20)11-25-9-8-16(21)24-3/h6-7,10H,4-5,8-9,11H2,1-3H3,(H,18,20). The van der Waals surface area contributed by atoms with E-state index >= 15 is 0 Å². The maximum Gasteiger partial charge on any atom is 0.306 e. The number of thioether (sulfide) groups is 1. The van der Waals surface area contributed by atoms with Gasteiger partial charge in [-0.3, -0.25) is 9.59 Å². The molecule has 0 aromatic heterocycles. The first-order valence-electron chi connectivity index (χ1n) is 8.00. The molecule has 0 heterocycles. The van der Waals surface area contributed by atoms with Crippen LogP contribution in [0.2, 0.25) is 5.02 Å². The van der Waals surface area contributed by atoms with Crippen LogP contribution in [0.15, 0.2) is 23.1 Å². The van der Waals surface area contributed by atoms with E-state index in [1.165, 1.54) is 41.4 Å². The van der Waals surface area contributed by atoms with Crippen molar-refractivity contribution in [2.75, 3.05) is 37.0 Å². The van der Waals surface area contributed by atoms with E-state index in [0.29, 0.717) is 18.8 Å². The van der Waals surface area contributed by atoms with E-state index < -0.39 is 10.0 Å². The van der Waals surface area contributed by atoms with E-state index in [2.05, 4.69) is 10.1 Å². The summed E-state index contributed by atoms with van der Waals surface area (Å²) in [6.45, 7) is 4.20. The van der Waals surface area contributed by atoms with Crippen molar-refractivity contribution in [3.8, 4) is 0 Å². The molecule has 0 aliphatic heterocycles. The minimum atomic E-state index is -3.64. The number of carbonyl (C=O) groups is 2. The summed E-state index contributed by atoms with van der Waals surface area (Å²) in [4.78, 5) is 23.1. The lowest BCUT2D eigenvalue weighted by molar-refractivity contribution is -0.140. The zero-order valence-corrected chi connectivity index (χ0v) is 17.3. The maximum atomic E-state index is 12.6. The summed E-state index contributed by atoms with van der Waals surface area (Å²) in [7, 11) is -2.34. The van der Waals surface area contributed by atoms with Gasteiger partial charge in [0.15, 0.2) is 0 Å². The average Bonchev–Trinajstić information content (AvgIpc) is 2.61. The van der Waals surface area contributed by atoms with E-state index in [0.717, 1.165) is 0 Å². The monoisotopic (exact) mass is 422 g/mol. The second-order valence-electron chi connectivity index (χ2n) is 5.16. The van der Waals surface area contributed by atoms with Crippen molar-refractivity contribution in [3.63, 3.8) is 0 Å². The molecule has 1 N–H and O–H groups in total. The van der Waals surface area contributed by atoms with Gasteiger partial charge in [-0.05, 0) is 18.2 Å². The highest BCUT2D eigenvalue weighted by Gasteiger charge is 2.22. The lowest BCUT2D eigenvalue weighted by atomic mass is 10.3. The third-order valence-electron chi connectivity index (χ3n) is 3.47.